The Kier molecular flexibility index (Phi) is 9.77. The van der Waals surface area contributed by atoms with Crippen molar-refractivity contribution in [1.29, 1.82) is 0 Å². The average molecular weight is 267 g/mol. The Labute approximate surface area is 111 Å². The highest BCUT2D eigenvalue weighted by atomic mass is 35.5. The summed E-state index contributed by atoms with van der Waals surface area (Å²) in [7, 11) is 0. The van der Waals surface area contributed by atoms with Crippen molar-refractivity contribution in [1.82, 2.24) is 5.32 Å². The van der Waals surface area contributed by atoms with Crippen LogP contribution in [0.2, 0.25) is 0 Å². The van der Waals surface area contributed by atoms with Gasteiger partial charge in [-0.05, 0) is 33.1 Å². The fourth-order valence-electron chi connectivity index (χ4n) is 1.81. The van der Waals surface area contributed by atoms with Crippen LogP contribution in [0.1, 0.15) is 41.0 Å². The van der Waals surface area contributed by atoms with Gasteiger partial charge in [0.25, 0.3) is 0 Å². The lowest BCUT2D eigenvalue weighted by molar-refractivity contribution is -0.133. The normalized spacial score (nSPS) is 15.9. The van der Waals surface area contributed by atoms with E-state index in [-0.39, 0.29) is 23.9 Å². The second-order valence-electron chi connectivity index (χ2n) is 4.95. The Hall–Kier alpha value is -0.320. The van der Waals surface area contributed by atoms with E-state index in [1.165, 1.54) is 0 Å². The van der Waals surface area contributed by atoms with Gasteiger partial charge in [-0.1, -0.05) is 13.8 Å². The Bertz CT molecular complexity index is 225. The third-order valence-electron chi connectivity index (χ3n) is 2.52. The van der Waals surface area contributed by atoms with E-state index in [0.29, 0.717) is 19.1 Å². The van der Waals surface area contributed by atoms with Crippen LogP contribution in [0.4, 0.5) is 0 Å². The molecule has 0 saturated carbocycles. The van der Waals surface area contributed by atoms with E-state index < -0.39 is 6.10 Å². The van der Waals surface area contributed by atoms with E-state index in [1.54, 1.807) is 6.92 Å². The van der Waals surface area contributed by atoms with Crippen LogP contribution in [-0.2, 0) is 9.53 Å². The number of amides is 1. The second kappa shape index (κ2) is 8.72. The molecule has 0 fully saturated rings. The highest BCUT2D eigenvalue weighted by Gasteiger charge is 2.27. The predicted octanol–water partition coefficient (Wildman–Crippen LogP) is 1.71. The van der Waals surface area contributed by atoms with Crippen molar-refractivity contribution in [2.24, 2.45) is 11.7 Å². The van der Waals surface area contributed by atoms with Gasteiger partial charge in [-0.3, -0.25) is 4.79 Å². The number of ether oxygens (including phenoxy) is 1. The molecule has 0 aromatic rings. The molecule has 2 unspecified atom stereocenters. The van der Waals surface area contributed by atoms with Crippen molar-refractivity contribution >= 4 is 18.3 Å². The molecule has 5 heteroatoms. The summed E-state index contributed by atoms with van der Waals surface area (Å²) in [5.41, 5.74) is 5.39. The van der Waals surface area contributed by atoms with E-state index in [1.807, 2.05) is 13.8 Å². The smallest absolute Gasteiger partial charge is 0.249 e. The highest BCUT2D eigenvalue weighted by molar-refractivity contribution is 5.85. The number of hydrogen-bond donors (Lipinski definition) is 2. The fraction of sp³-hybridized carbons (Fsp3) is 0.917. The minimum atomic E-state index is -0.414. The number of nitrogens with two attached hydrogens (primary N) is 1. The molecule has 0 aliphatic rings. The van der Waals surface area contributed by atoms with Crippen LogP contribution < -0.4 is 11.1 Å². The molecule has 4 nitrogen and oxygen atoms in total. The van der Waals surface area contributed by atoms with Crippen LogP contribution in [0, 0.1) is 5.92 Å². The van der Waals surface area contributed by atoms with Crippen molar-refractivity contribution in [3.05, 3.63) is 0 Å². The Morgan fingerprint density at radius 2 is 1.94 bits per heavy atom. The molecule has 0 aliphatic carbocycles. The zero-order valence-corrected chi connectivity index (χ0v) is 12.4. The summed E-state index contributed by atoms with van der Waals surface area (Å²) in [5.74, 6) is 0.409. The van der Waals surface area contributed by atoms with Crippen LogP contribution in [0.5, 0.6) is 0 Å². The number of carbonyl (C=O) groups excluding carboxylic acids is 1. The van der Waals surface area contributed by atoms with E-state index in [9.17, 15) is 4.79 Å². The first kappa shape index (κ1) is 19.0. The van der Waals surface area contributed by atoms with Gasteiger partial charge in [0.15, 0.2) is 0 Å². The monoisotopic (exact) mass is 266 g/mol. The number of hydrogen-bond acceptors (Lipinski definition) is 3. The summed E-state index contributed by atoms with van der Waals surface area (Å²) in [6.45, 7) is 10.8. The topological polar surface area (TPSA) is 64.3 Å². The molecule has 0 aromatic carbocycles. The summed E-state index contributed by atoms with van der Waals surface area (Å²) < 4.78 is 5.25. The molecule has 2 atom stereocenters. The quantitative estimate of drug-likeness (QED) is 0.737. The molecule has 104 valence electrons. The van der Waals surface area contributed by atoms with Gasteiger partial charge in [0, 0.05) is 18.7 Å². The maximum absolute atomic E-state index is 11.8. The summed E-state index contributed by atoms with van der Waals surface area (Å²) in [5, 5.41) is 2.97. The molecule has 0 aromatic heterocycles. The molecule has 0 spiro atoms. The maximum atomic E-state index is 11.8. The van der Waals surface area contributed by atoms with Gasteiger partial charge in [0.1, 0.15) is 6.10 Å². The number of nitrogens with one attached hydrogen (secondary N) is 1. The van der Waals surface area contributed by atoms with Gasteiger partial charge in [-0.25, -0.2) is 0 Å². The SMILES string of the molecule is CCOC(C)C(=O)NC(C)(CN)CC(C)C.Cl. The number of rotatable bonds is 7. The van der Waals surface area contributed by atoms with Gasteiger partial charge in [0.05, 0.1) is 0 Å². The van der Waals surface area contributed by atoms with Gasteiger partial charge in [0.2, 0.25) is 5.91 Å². The first-order chi connectivity index (χ1) is 7.34. The molecule has 0 saturated heterocycles. The van der Waals surface area contributed by atoms with Crippen molar-refractivity contribution in [3.63, 3.8) is 0 Å². The Balaban J connectivity index is 0. The summed E-state index contributed by atoms with van der Waals surface area (Å²) >= 11 is 0. The van der Waals surface area contributed by atoms with E-state index >= 15 is 0 Å². The van der Waals surface area contributed by atoms with Crippen molar-refractivity contribution in [3.8, 4) is 0 Å². The summed E-state index contributed by atoms with van der Waals surface area (Å²) in [4.78, 5) is 11.8. The fourth-order valence-corrected chi connectivity index (χ4v) is 1.81. The Morgan fingerprint density at radius 3 is 2.29 bits per heavy atom. The first-order valence-electron chi connectivity index (χ1n) is 5.98. The van der Waals surface area contributed by atoms with Gasteiger partial charge >= 0.3 is 0 Å². The van der Waals surface area contributed by atoms with Crippen molar-refractivity contribution in [2.75, 3.05) is 13.2 Å². The van der Waals surface area contributed by atoms with E-state index in [4.69, 9.17) is 10.5 Å². The zero-order valence-electron chi connectivity index (χ0n) is 11.6. The lowest BCUT2D eigenvalue weighted by atomic mass is 9.90. The second-order valence-corrected chi connectivity index (χ2v) is 4.95. The molecule has 0 heterocycles. The van der Waals surface area contributed by atoms with Crippen LogP contribution in [0.25, 0.3) is 0 Å². The Morgan fingerprint density at radius 1 is 1.41 bits per heavy atom. The molecule has 1 amide bonds. The minimum absolute atomic E-state index is 0. The van der Waals surface area contributed by atoms with Gasteiger partial charge < -0.3 is 15.8 Å². The van der Waals surface area contributed by atoms with Crippen LogP contribution in [0.15, 0.2) is 0 Å². The maximum Gasteiger partial charge on any atom is 0.249 e. The number of halogens is 1. The summed E-state index contributed by atoms with van der Waals surface area (Å²) in [6, 6.07) is 0. The molecular weight excluding hydrogens is 240 g/mol. The van der Waals surface area contributed by atoms with Crippen molar-refractivity contribution < 1.29 is 9.53 Å². The highest BCUT2D eigenvalue weighted by Crippen LogP contribution is 2.15. The van der Waals surface area contributed by atoms with Crippen molar-refractivity contribution in [2.45, 2.75) is 52.7 Å². The molecule has 17 heavy (non-hydrogen) atoms. The van der Waals surface area contributed by atoms with Gasteiger partial charge in [-0.2, -0.15) is 0 Å². The third kappa shape index (κ3) is 7.58. The molecule has 3 N–H and O–H groups in total. The average Bonchev–Trinajstić information content (AvgIpc) is 2.16. The minimum Gasteiger partial charge on any atom is -0.369 e. The molecule has 0 rings (SSSR count). The zero-order chi connectivity index (χ0) is 12.8. The van der Waals surface area contributed by atoms with Crippen LogP contribution >= 0.6 is 12.4 Å². The third-order valence-corrected chi connectivity index (χ3v) is 2.52. The van der Waals surface area contributed by atoms with E-state index in [2.05, 4.69) is 19.2 Å². The predicted molar refractivity (Wildman–Crippen MR) is 73.4 cm³/mol. The summed E-state index contributed by atoms with van der Waals surface area (Å²) in [6.07, 6.45) is 0.455. The molecule has 0 bridgehead atoms. The lowest BCUT2D eigenvalue weighted by Crippen LogP contribution is -2.54. The lowest BCUT2D eigenvalue weighted by Gasteiger charge is -2.32. The molecule has 0 aliphatic heterocycles. The standard InChI is InChI=1S/C12H26N2O2.ClH/c1-6-16-10(4)11(15)14-12(5,8-13)7-9(2)3;/h9-10H,6-8,13H2,1-5H3,(H,14,15);1H. The van der Waals surface area contributed by atoms with Gasteiger partial charge in [-0.15, -0.1) is 12.4 Å². The number of carbonyl (C=O) groups is 1. The molecule has 0 radical (unpaired) electrons. The molecular formula is C12H27ClN2O2. The van der Waals surface area contributed by atoms with Crippen LogP contribution in [0.3, 0.4) is 0 Å². The van der Waals surface area contributed by atoms with Crippen LogP contribution in [-0.4, -0.2) is 30.7 Å². The van der Waals surface area contributed by atoms with E-state index in [0.717, 1.165) is 6.42 Å². The largest absolute Gasteiger partial charge is 0.369 e. The first-order valence-corrected chi connectivity index (χ1v) is 5.98.